The van der Waals surface area contributed by atoms with Gasteiger partial charge in [0.2, 0.25) is 5.88 Å². The third-order valence-electron chi connectivity index (χ3n) is 5.26. The van der Waals surface area contributed by atoms with Crippen LogP contribution >= 0.6 is 0 Å². The largest absolute Gasteiger partial charge is 0.481 e. The summed E-state index contributed by atoms with van der Waals surface area (Å²) in [4.78, 5) is 27.2. The van der Waals surface area contributed by atoms with Crippen LogP contribution in [0.5, 0.6) is 5.88 Å². The van der Waals surface area contributed by atoms with E-state index in [0.717, 1.165) is 12.3 Å². The van der Waals surface area contributed by atoms with Crippen LogP contribution in [-0.4, -0.2) is 38.3 Å². The number of anilines is 3. The van der Waals surface area contributed by atoms with E-state index < -0.39 is 58.7 Å². The number of aromatic nitrogens is 3. The fourth-order valence-electron chi connectivity index (χ4n) is 3.44. The number of carboxylic acids is 1. The lowest BCUT2D eigenvalue weighted by Gasteiger charge is -2.26. The maximum atomic E-state index is 14.5. The number of benzene rings is 1. The van der Waals surface area contributed by atoms with Gasteiger partial charge in [-0.15, -0.1) is 5.10 Å². The van der Waals surface area contributed by atoms with Crippen molar-refractivity contribution in [3.05, 3.63) is 53.6 Å². The molecule has 1 aromatic carbocycles. The lowest BCUT2D eigenvalue weighted by atomic mass is 9.87. The molecule has 35 heavy (non-hydrogen) atoms. The van der Waals surface area contributed by atoms with Gasteiger partial charge < -0.3 is 24.9 Å². The molecule has 3 N–H and O–H groups in total. The van der Waals surface area contributed by atoms with Crippen molar-refractivity contribution in [3.8, 4) is 5.88 Å². The molecule has 1 fully saturated rings. The van der Waals surface area contributed by atoms with Gasteiger partial charge in [0.05, 0.1) is 23.5 Å². The Morgan fingerprint density at radius 2 is 1.63 bits per heavy atom. The number of carbonyl (C=O) groups is 2. The molecule has 1 saturated carbocycles. The molecule has 0 unspecified atom stereocenters. The molecule has 1 amide bonds. The van der Waals surface area contributed by atoms with Crippen molar-refractivity contribution in [2.24, 2.45) is 5.92 Å². The number of carbonyl (C=O) groups excluding carboxylic acids is 1. The summed E-state index contributed by atoms with van der Waals surface area (Å²) >= 11 is 0. The van der Waals surface area contributed by atoms with E-state index >= 15 is 0 Å². The molecule has 14 heteroatoms. The summed E-state index contributed by atoms with van der Waals surface area (Å²) in [5.41, 5.74) is -0.835. The van der Waals surface area contributed by atoms with Crippen LogP contribution in [0, 0.1) is 29.2 Å². The minimum absolute atomic E-state index is 0.0305. The molecule has 2 aromatic heterocycles. The summed E-state index contributed by atoms with van der Waals surface area (Å²) in [6.45, 7) is 0. The Morgan fingerprint density at radius 1 is 0.943 bits per heavy atom. The smallest absolute Gasteiger partial charge is 0.320 e. The molecular formula is C21H17F4N5O5. The van der Waals surface area contributed by atoms with Crippen LogP contribution in [0.15, 0.2) is 28.8 Å². The minimum atomic E-state index is -1.39. The number of nitrogens with one attached hydrogen (secondary N) is 2. The maximum Gasteiger partial charge on any atom is 0.320 e. The first-order chi connectivity index (χ1) is 16.7. The van der Waals surface area contributed by atoms with Crippen molar-refractivity contribution >= 4 is 29.3 Å². The second-order valence-corrected chi connectivity index (χ2v) is 7.67. The first kappa shape index (κ1) is 23.9. The quantitative estimate of drug-likeness (QED) is 0.327. The van der Waals surface area contributed by atoms with E-state index in [4.69, 9.17) is 14.3 Å². The topological polar surface area (TPSA) is 139 Å². The highest BCUT2D eigenvalue weighted by Gasteiger charge is 2.27. The van der Waals surface area contributed by atoms with Crippen LogP contribution in [0.2, 0.25) is 0 Å². The lowest BCUT2D eigenvalue weighted by Crippen LogP contribution is -2.28. The Morgan fingerprint density at radius 3 is 2.31 bits per heavy atom. The van der Waals surface area contributed by atoms with Crippen molar-refractivity contribution in [1.29, 1.82) is 0 Å². The third-order valence-corrected chi connectivity index (χ3v) is 5.26. The van der Waals surface area contributed by atoms with Crippen LogP contribution in [-0.2, 0) is 4.79 Å². The Kier molecular flexibility index (Phi) is 6.80. The number of pyridine rings is 1. The SMILES string of the molecule is O=C(Nc1cnc(O[C@H]2CC[C@H](C(=O)O)CC2)cc1F)c1nnc(Nc2cc(F)c(F)cc2F)o1. The Hall–Kier alpha value is -4.23. The number of hydrogen-bond acceptors (Lipinski definition) is 8. The molecule has 3 aromatic rings. The standard InChI is InChI=1S/C21H17F4N5O5/c22-11-5-13(24)15(6-12(11)23)28-21-30-29-19(35-21)18(31)27-16-8-26-17(7-14(16)25)34-10-3-1-9(2-4-10)20(32)33/h5-10H,1-4H2,(H,27,31)(H,28,30)(H,32,33)/t9-,10-. The van der Waals surface area contributed by atoms with E-state index in [1.54, 1.807) is 0 Å². The predicted octanol–water partition coefficient (Wildman–Crippen LogP) is 4.04. The second kappa shape index (κ2) is 9.95. The van der Waals surface area contributed by atoms with Gasteiger partial charge in [0.25, 0.3) is 0 Å². The Balaban J connectivity index is 1.36. The van der Waals surface area contributed by atoms with E-state index in [-0.39, 0.29) is 17.7 Å². The van der Waals surface area contributed by atoms with Crippen molar-refractivity contribution in [2.75, 3.05) is 10.6 Å². The van der Waals surface area contributed by atoms with Gasteiger partial charge in [-0.05, 0) is 25.7 Å². The summed E-state index contributed by atoms with van der Waals surface area (Å²) in [6.07, 6.45) is 2.57. The van der Waals surface area contributed by atoms with Gasteiger partial charge in [0.15, 0.2) is 17.5 Å². The molecular weight excluding hydrogens is 478 g/mol. The zero-order valence-electron chi connectivity index (χ0n) is 17.7. The summed E-state index contributed by atoms with van der Waals surface area (Å²) in [7, 11) is 0. The Bertz CT molecular complexity index is 1260. The minimum Gasteiger partial charge on any atom is -0.481 e. The zero-order chi connectivity index (χ0) is 25.1. The van der Waals surface area contributed by atoms with Gasteiger partial charge in [-0.25, -0.2) is 22.5 Å². The van der Waals surface area contributed by atoms with Gasteiger partial charge >= 0.3 is 23.8 Å². The van der Waals surface area contributed by atoms with E-state index in [0.29, 0.717) is 37.8 Å². The van der Waals surface area contributed by atoms with Gasteiger partial charge in [-0.1, -0.05) is 5.10 Å². The molecule has 0 aliphatic heterocycles. The average molecular weight is 495 g/mol. The first-order valence-corrected chi connectivity index (χ1v) is 10.3. The zero-order valence-corrected chi connectivity index (χ0v) is 17.7. The molecule has 0 spiro atoms. The molecule has 2 heterocycles. The molecule has 184 valence electrons. The highest BCUT2D eigenvalue weighted by atomic mass is 19.2. The second-order valence-electron chi connectivity index (χ2n) is 7.67. The van der Waals surface area contributed by atoms with Gasteiger partial charge in [-0.2, -0.15) is 0 Å². The van der Waals surface area contributed by atoms with Crippen molar-refractivity contribution < 1.29 is 41.4 Å². The molecule has 1 aliphatic rings. The molecule has 0 radical (unpaired) electrons. The number of ether oxygens (including phenoxy) is 1. The maximum absolute atomic E-state index is 14.5. The summed E-state index contributed by atoms with van der Waals surface area (Å²) < 4.78 is 65.1. The molecule has 4 rings (SSSR count). The third kappa shape index (κ3) is 5.65. The van der Waals surface area contributed by atoms with Crippen LogP contribution < -0.4 is 15.4 Å². The van der Waals surface area contributed by atoms with Gasteiger partial charge in [-0.3, -0.25) is 9.59 Å². The molecule has 0 bridgehead atoms. The van der Waals surface area contributed by atoms with Crippen LogP contribution in [0.1, 0.15) is 36.4 Å². The summed E-state index contributed by atoms with van der Waals surface area (Å²) in [6, 6.07) is 1.30. The number of halogens is 4. The van der Waals surface area contributed by atoms with Gasteiger partial charge in [0, 0.05) is 18.2 Å². The monoisotopic (exact) mass is 495 g/mol. The highest BCUT2D eigenvalue weighted by Crippen LogP contribution is 2.28. The lowest BCUT2D eigenvalue weighted by molar-refractivity contribution is -0.143. The molecule has 0 atom stereocenters. The number of carboxylic acid groups (broad SMARTS) is 1. The fraction of sp³-hybridized carbons (Fsp3) is 0.286. The van der Waals surface area contributed by atoms with Crippen LogP contribution in [0.3, 0.4) is 0 Å². The van der Waals surface area contributed by atoms with Crippen LogP contribution in [0.4, 0.5) is 35.0 Å². The number of amides is 1. The molecule has 1 aliphatic carbocycles. The number of hydrogen-bond donors (Lipinski definition) is 3. The van der Waals surface area contributed by atoms with Crippen molar-refractivity contribution in [3.63, 3.8) is 0 Å². The van der Waals surface area contributed by atoms with E-state index in [9.17, 15) is 27.2 Å². The fourth-order valence-corrected chi connectivity index (χ4v) is 3.44. The highest BCUT2D eigenvalue weighted by molar-refractivity contribution is 6.00. The van der Waals surface area contributed by atoms with Crippen molar-refractivity contribution in [2.45, 2.75) is 31.8 Å². The van der Waals surface area contributed by atoms with Gasteiger partial charge in [0.1, 0.15) is 11.9 Å². The number of aliphatic carboxylic acids is 1. The predicted molar refractivity (Wildman–Crippen MR) is 110 cm³/mol. The molecule has 0 saturated heterocycles. The van der Waals surface area contributed by atoms with E-state index in [1.165, 1.54) is 0 Å². The number of nitrogens with zero attached hydrogens (tertiary/aromatic N) is 3. The van der Waals surface area contributed by atoms with E-state index in [1.807, 2.05) is 0 Å². The summed E-state index contributed by atoms with van der Waals surface area (Å²) in [5, 5.41) is 20.3. The number of rotatable bonds is 7. The molecule has 10 nitrogen and oxygen atoms in total. The van der Waals surface area contributed by atoms with Crippen LogP contribution in [0.25, 0.3) is 0 Å². The average Bonchev–Trinajstić information content (AvgIpc) is 3.28. The van der Waals surface area contributed by atoms with E-state index in [2.05, 4.69) is 25.8 Å². The first-order valence-electron chi connectivity index (χ1n) is 10.3. The Labute approximate surface area is 194 Å². The normalized spacial score (nSPS) is 17.6. The van der Waals surface area contributed by atoms with Crippen molar-refractivity contribution in [1.82, 2.24) is 15.2 Å². The summed E-state index contributed by atoms with van der Waals surface area (Å²) in [5.74, 6) is -7.68.